The number of benzene rings is 2. The van der Waals surface area contributed by atoms with Gasteiger partial charge in [0.05, 0.1) is 27.9 Å². The standard InChI is InChI=1S/C18H20ClNO5/c1-22-15-9-12(10-16(23-2)17(15)24-3)18(21)20-7-8-25-14-6-4-5-13(19)11-14/h4-6,9-11H,7-8H2,1-3H3,(H,20,21). The van der Waals surface area contributed by atoms with Crippen molar-refractivity contribution in [1.29, 1.82) is 0 Å². The van der Waals surface area contributed by atoms with Gasteiger partial charge in [0, 0.05) is 10.6 Å². The maximum Gasteiger partial charge on any atom is 0.251 e. The van der Waals surface area contributed by atoms with Crippen molar-refractivity contribution in [2.75, 3.05) is 34.5 Å². The van der Waals surface area contributed by atoms with E-state index >= 15 is 0 Å². The average molecular weight is 366 g/mol. The van der Waals surface area contributed by atoms with E-state index in [-0.39, 0.29) is 5.91 Å². The van der Waals surface area contributed by atoms with E-state index in [2.05, 4.69) is 5.32 Å². The molecule has 7 heteroatoms. The van der Waals surface area contributed by atoms with Gasteiger partial charge in [0.2, 0.25) is 5.75 Å². The van der Waals surface area contributed by atoms with E-state index in [1.807, 2.05) is 0 Å². The Morgan fingerprint density at radius 2 is 1.72 bits per heavy atom. The topological polar surface area (TPSA) is 66.0 Å². The highest BCUT2D eigenvalue weighted by Gasteiger charge is 2.16. The second-order valence-corrected chi connectivity index (χ2v) is 5.41. The van der Waals surface area contributed by atoms with Gasteiger partial charge in [-0.05, 0) is 30.3 Å². The Morgan fingerprint density at radius 1 is 1.04 bits per heavy atom. The molecule has 0 bridgehead atoms. The molecule has 6 nitrogen and oxygen atoms in total. The van der Waals surface area contributed by atoms with Crippen molar-refractivity contribution in [3.05, 3.63) is 47.0 Å². The number of ether oxygens (including phenoxy) is 4. The molecule has 2 aromatic carbocycles. The third kappa shape index (κ3) is 4.93. The van der Waals surface area contributed by atoms with E-state index in [0.717, 1.165) is 0 Å². The summed E-state index contributed by atoms with van der Waals surface area (Å²) in [5, 5.41) is 3.37. The van der Waals surface area contributed by atoms with E-state index < -0.39 is 0 Å². The Balaban J connectivity index is 1.96. The van der Waals surface area contributed by atoms with Gasteiger partial charge in [-0.25, -0.2) is 0 Å². The Hall–Kier alpha value is -2.60. The van der Waals surface area contributed by atoms with Crippen LogP contribution in [-0.2, 0) is 0 Å². The van der Waals surface area contributed by atoms with Crippen molar-refractivity contribution in [2.45, 2.75) is 0 Å². The lowest BCUT2D eigenvalue weighted by Gasteiger charge is -2.14. The number of rotatable bonds is 8. The van der Waals surface area contributed by atoms with Crippen LogP contribution in [0.15, 0.2) is 36.4 Å². The van der Waals surface area contributed by atoms with Crippen LogP contribution in [0.4, 0.5) is 0 Å². The van der Waals surface area contributed by atoms with Crippen LogP contribution >= 0.6 is 11.6 Å². The number of amides is 1. The van der Waals surface area contributed by atoms with Gasteiger partial charge in [0.1, 0.15) is 12.4 Å². The average Bonchev–Trinajstić information content (AvgIpc) is 2.63. The zero-order chi connectivity index (χ0) is 18.2. The molecule has 0 spiro atoms. The Morgan fingerprint density at radius 3 is 2.28 bits per heavy atom. The molecule has 0 aromatic heterocycles. The van der Waals surface area contributed by atoms with Crippen molar-refractivity contribution in [3.63, 3.8) is 0 Å². The van der Waals surface area contributed by atoms with Crippen LogP contribution in [0.3, 0.4) is 0 Å². The molecule has 0 aliphatic heterocycles. The number of methoxy groups -OCH3 is 3. The van der Waals surface area contributed by atoms with Crippen molar-refractivity contribution in [1.82, 2.24) is 5.32 Å². The van der Waals surface area contributed by atoms with E-state index in [9.17, 15) is 4.79 Å². The van der Waals surface area contributed by atoms with Gasteiger partial charge in [-0.3, -0.25) is 4.79 Å². The molecule has 0 aliphatic rings. The quantitative estimate of drug-likeness (QED) is 0.728. The summed E-state index contributed by atoms with van der Waals surface area (Å²) in [6, 6.07) is 10.3. The molecule has 0 saturated heterocycles. The summed E-state index contributed by atoms with van der Waals surface area (Å²) in [5.41, 5.74) is 0.400. The van der Waals surface area contributed by atoms with Crippen LogP contribution in [0.2, 0.25) is 5.02 Å². The fraction of sp³-hybridized carbons (Fsp3) is 0.278. The van der Waals surface area contributed by atoms with Crippen molar-refractivity contribution < 1.29 is 23.7 Å². The first-order chi connectivity index (χ1) is 12.1. The Bertz CT molecular complexity index is 710. The highest BCUT2D eigenvalue weighted by molar-refractivity contribution is 6.30. The van der Waals surface area contributed by atoms with Crippen LogP contribution < -0.4 is 24.3 Å². The second-order valence-electron chi connectivity index (χ2n) is 4.98. The summed E-state index contributed by atoms with van der Waals surface area (Å²) in [7, 11) is 4.50. The molecule has 1 N–H and O–H groups in total. The van der Waals surface area contributed by atoms with E-state index in [4.69, 9.17) is 30.5 Å². The SMILES string of the molecule is COc1cc(C(=O)NCCOc2cccc(Cl)c2)cc(OC)c1OC. The molecule has 134 valence electrons. The predicted molar refractivity (Wildman–Crippen MR) is 95.4 cm³/mol. The van der Waals surface area contributed by atoms with Crippen LogP contribution in [-0.4, -0.2) is 40.4 Å². The molecule has 0 saturated carbocycles. The molecule has 0 fully saturated rings. The third-order valence-corrected chi connectivity index (χ3v) is 3.61. The zero-order valence-electron chi connectivity index (χ0n) is 14.3. The summed E-state index contributed by atoms with van der Waals surface area (Å²) in [5.74, 6) is 1.65. The zero-order valence-corrected chi connectivity index (χ0v) is 15.1. The highest BCUT2D eigenvalue weighted by Crippen LogP contribution is 2.38. The maximum atomic E-state index is 12.3. The number of halogens is 1. The van der Waals surface area contributed by atoms with Crippen molar-refractivity contribution >= 4 is 17.5 Å². The van der Waals surface area contributed by atoms with Gasteiger partial charge < -0.3 is 24.3 Å². The lowest BCUT2D eigenvalue weighted by atomic mass is 10.1. The molecular formula is C18H20ClNO5. The van der Waals surface area contributed by atoms with Crippen LogP contribution in [0.5, 0.6) is 23.0 Å². The van der Waals surface area contributed by atoms with Gasteiger partial charge in [0.15, 0.2) is 11.5 Å². The normalized spacial score (nSPS) is 10.1. The lowest BCUT2D eigenvalue weighted by molar-refractivity contribution is 0.0946. The van der Waals surface area contributed by atoms with Gasteiger partial charge in [0.25, 0.3) is 5.91 Å². The summed E-state index contributed by atoms with van der Waals surface area (Å²) in [6.45, 7) is 0.651. The minimum absolute atomic E-state index is 0.269. The Labute approximate surface area is 151 Å². The van der Waals surface area contributed by atoms with Gasteiger partial charge in [-0.15, -0.1) is 0 Å². The summed E-state index contributed by atoms with van der Waals surface area (Å²) < 4.78 is 21.3. The van der Waals surface area contributed by atoms with E-state index in [1.165, 1.54) is 21.3 Å². The molecule has 0 atom stereocenters. The fourth-order valence-electron chi connectivity index (χ4n) is 2.20. The predicted octanol–water partition coefficient (Wildman–Crippen LogP) is 3.17. The van der Waals surface area contributed by atoms with E-state index in [0.29, 0.717) is 46.7 Å². The Kier molecular flexibility index (Phi) is 6.77. The molecule has 0 aliphatic carbocycles. The number of hydrogen-bond acceptors (Lipinski definition) is 5. The first kappa shape index (κ1) is 18.7. The first-order valence-electron chi connectivity index (χ1n) is 7.55. The molecule has 25 heavy (non-hydrogen) atoms. The number of carbonyl (C=O) groups is 1. The molecule has 1 amide bonds. The first-order valence-corrected chi connectivity index (χ1v) is 7.93. The highest BCUT2D eigenvalue weighted by atomic mass is 35.5. The van der Waals surface area contributed by atoms with Gasteiger partial charge >= 0.3 is 0 Å². The molecule has 0 unspecified atom stereocenters. The smallest absolute Gasteiger partial charge is 0.251 e. The summed E-state index contributed by atoms with van der Waals surface area (Å²) >= 11 is 5.89. The number of carbonyl (C=O) groups excluding carboxylic acids is 1. The molecule has 0 heterocycles. The number of nitrogens with one attached hydrogen (secondary N) is 1. The third-order valence-electron chi connectivity index (χ3n) is 3.38. The molecule has 2 aromatic rings. The van der Waals surface area contributed by atoms with Gasteiger partial charge in [-0.1, -0.05) is 17.7 Å². The number of hydrogen-bond donors (Lipinski definition) is 1. The van der Waals surface area contributed by atoms with Crippen molar-refractivity contribution in [3.8, 4) is 23.0 Å². The largest absolute Gasteiger partial charge is 0.493 e. The van der Waals surface area contributed by atoms with Crippen LogP contribution in [0, 0.1) is 0 Å². The molecule has 2 rings (SSSR count). The fourth-order valence-corrected chi connectivity index (χ4v) is 2.38. The van der Waals surface area contributed by atoms with E-state index in [1.54, 1.807) is 36.4 Å². The van der Waals surface area contributed by atoms with Gasteiger partial charge in [-0.2, -0.15) is 0 Å². The molecular weight excluding hydrogens is 346 g/mol. The van der Waals surface area contributed by atoms with Crippen LogP contribution in [0.25, 0.3) is 0 Å². The molecule has 0 radical (unpaired) electrons. The maximum absolute atomic E-state index is 12.3. The minimum atomic E-state index is -0.269. The second kappa shape index (κ2) is 9.03. The monoisotopic (exact) mass is 365 g/mol. The van der Waals surface area contributed by atoms with Crippen molar-refractivity contribution in [2.24, 2.45) is 0 Å². The summed E-state index contributed by atoms with van der Waals surface area (Å²) in [6.07, 6.45) is 0. The lowest BCUT2D eigenvalue weighted by Crippen LogP contribution is -2.28. The minimum Gasteiger partial charge on any atom is -0.493 e. The summed E-state index contributed by atoms with van der Waals surface area (Å²) in [4.78, 5) is 12.3. The van der Waals surface area contributed by atoms with Crippen LogP contribution in [0.1, 0.15) is 10.4 Å².